The summed E-state index contributed by atoms with van der Waals surface area (Å²) in [5.41, 5.74) is 7.82. The molecule has 0 radical (unpaired) electrons. The molecule has 0 saturated carbocycles. The van der Waals surface area contributed by atoms with Crippen molar-refractivity contribution in [1.29, 1.82) is 0 Å². The molecule has 6 aromatic rings. The summed E-state index contributed by atoms with van der Waals surface area (Å²) >= 11 is 0. The monoisotopic (exact) mass is 513 g/mol. The third-order valence-electron chi connectivity index (χ3n) is 6.68. The molecule has 0 fully saturated rings. The molecule has 3 aromatic carbocycles. The number of aryl methyl sites for hydroxylation is 2. The SMILES string of the molecule is Cc1ccnc(C=Cc2n[nH]c3cc(Nc4ccccc4C(=O)NCc4nc5ccccc5n4C)ccc23)c1. The van der Waals surface area contributed by atoms with Gasteiger partial charge in [-0.1, -0.05) is 24.3 Å². The van der Waals surface area contributed by atoms with Gasteiger partial charge in [0.2, 0.25) is 0 Å². The van der Waals surface area contributed by atoms with E-state index in [-0.39, 0.29) is 5.91 Å². The Morgan fingerprint density at radius 2 is 1.85 bits per heavy atom. The fourth-order valence-electron chi connectivity index (χ4n) is 4.61. The first kappa shape index (κ1) is 24.1. The normalized spacial score (nSPS) is 11.4. The highest BCUT2D eigenvalue weighted by molar-refractivity contribution is 6.00. The van der Waals surface area contributed by atoms with E-state index in [0.29, 0.717) is 17.8 Å². The van der Waals surface area contributed by atoms with E-state index in [9.17, 15) is 4.79 Å². The number of benzene rings is 3. The van der Waals surface area contributed by atoms with E-state index in [1.165, 1.54) is 0 Å². The van der Waals surface area contributed by atoms with Crippen LogP contribution in [0.1, 0.15) is 33.1 Å². The van der Waals surface area contributed by atoms with Gasteiger partial charge in [-0.25, -0.2) is 4.98 Å². The molecular formula is C31H27N7O. The largest absolute Gasteiger partial charge is 0.355 e. The van der Waals surface area contributed by atoms with Gasteiger partial charge in [0.25, 0.3) is 5.91 Å². The van der Waals surface area contributed by atoms with Crippen molar-refractivity contribution in [3.05, 3.63) is 113 Å². The molecule has 8 heteroatoms. The zero-order valence-electron chi connectivity index (χ0n) is 21.6. The molecule has 3 N–H and O–H groups in total. The molecule has 3 heterocycles. The maximum atomic E-state index is 13.2. The molecule has 39 heavy (non-hydrogen) atoms. The minimum absolute atomic E-state index is 0.176. The summed E-state index contributed by atoms with van der Waals surface area (Å²) in [5.74, 6) is 0.618. The lowest BCUT2D eigenvalue weighted by atomic mass is 10.1. The first-order chi connectivity index (χ1) is 19.0. The fraction of sp³-hybridized carbons (Fsp3) is 0.0968. The minimum atomic E-state index is -0.176. The highest BCUT2D eigenvalue weighted by Gasteiger charge is 2.14. The van der Waals surface area contributed by atoms with Gasteiger partial charge in [-0.2, -0.15) is 5.10 Å². The molecule has 6 rings (SSSR count). The summed E-state index contributed by atoms with van der Waals surface area (Å²) in [6.07, 6.45) is 5.71. The Kier molecular flexibility index (Phi) is 6.34. The van der Waals surface area contributed by atoms with E-state index in [1.807, 2.05) is 110 Å². The average molecular weight is 514 g/mol. The Morgan fingerprint density at radius 3 is 2.72 bits per heavy atom. The number of fused-ring (bicyclic) bond motifs is 2. The molecule has 0 bridgehead atoms. The Hall–Kier alpha value is -5.24. The van der Waals surface area contributed by atoms with Crippen molar-refractivity contribution in [3.8, 4) is 0 Å². The number of H-pyrrole nitrogens is 1. The molecule has 3 aromatic heterocycles. The smallest absolute Gasteiger partial charge is 0.253 e. The van der Waals surface area contributed by atoms with Crippen molar-refractivity contribution in [2.24, 2.45) is 7.05 Å². The summed E-state index contributed by atoms with van der Waals surface area (Å²) in [6, 6.07) is 25.4. The van der Waals surface area contributed by atoms with Gasteiger partial charge in [0, 0.05) is 24.3 Å². The average Bonchev–Trinajstić information content (AvgIpc) is 3.51. The van der Waals surface area contributed by atoms with E-state index in [0.717, 1.165) is 50.4 Å². The summed E-state index contributed by atoms with van der Waals surface area (Å²) in [7, 11) is 1.96. The standard InChI is InChI=1S/C31H27N7O/c1-20-15-16-32-21(17-20)12-14-26-23-13-11-22(18-28(23)37-36-26)34-25-8-4-3-7-24(25)31(39)33-19-30-35-27-9-5-6-10-29(27)38(30)2/h3-18,34H,19H2,1-2H3,(H,33,39)(H,36,37). The number of rotatable bonds is 7. The van der Waals surface area contributed by atoms with E-state index >= 15 is 0 Å². The van der Waals surface area contributed by atoms with E-state index < -0.39 is 0 Å². The number of para-hydroxylation sites is 3. The number of aromatic amines is 1. The lowest BCUT2D eigenvalue weighted by molar-refractivity contribution is 0.0950. The first-order valence-corrected chi connectivity index (χ1v) is 12.7. The molecule has 0 unspecified atom stereocenters. The maximum Gasteiger partial charge on any atom is 0.253 e. The lowest BCUT2D eigenvalue weighted by Gasteiger charge is -2.12. The second-order valence-electron chi connectivity index (χ2n) is 9.39. The molecule has 1 amide bonds. The van der Waals surface area contributed by atoms with Crippen LogP contribution in [0.3, 0.4) is 0 Å². The van der Waals surface area contributed by atoms with Crippen molar-refractivity contribution < 1.29 is 4.79 Å². The number of hydrogen-bond donors (Lipinski definition) is 3. The molecule has 0 saturated heterocycles. The Balaban J connectivity index is 1.18. The summed E-state index contributed by atoms with van der Waals surface area (Å²) in [6.45, 7) is 2.37. The topological polar surface area (TPSA) is 101 Å². The maximum absolute atomic E-state index is 13.2. The van der Waals surface area contributed by atoms with Crippen molar-refractivity contribution in [2.75, 3.05) is 5.32 Å². The summed E-state index contributed by atoms with van der Waals surface area (Å²) < 4.78 is 2.00. The van der Waals surface area contributed by atoms with Gasteiger partial charge in [0.05, 0.1) is 45.7 Å². The molecule has 0 aliphatic rings. The van der Waals surface area contributed by atoms with Crippen LogP contribution < -0.4 is 10.6 Å². The van der Waals surface area contributed by atoms with Crippen LogP contribution in [-0.2, 0) is 13.6 Å². The second kappa shape index (κ2) is 10.3. The molecule has 192 valence electrons. The van der Waals surface area contributed by atoms with Crippen LogP contribution in [0, 0.1) is 6.92 Å². The zero-order chi connectivity index (χ0) is 26.8. The number of aromatic nitrogens is 5. The van der Waals surface area contributed by atoms with Crippen LogP contribution in [0.5, 0.6) is 0 Å². The van der Waals surface area contributed by atoms with Gasteiger partial charge in [-0.3, -0.25) is 14.9 Å². The number of carbonyl (C=O) groups is 1. The van der Waals surface area contributed by atoms with Crippen molar-refractivity contribution in [3.63, 3.8) is 0 Å². The van der Waals surface area contributed by atoms with E-state index in [2.05, 4.69) is 30.8 Å². The number of nitrogens with zero attached hydrogens (tertiary/aromatic N) is 4. The Bertz CT molecular complexity index is 1850. The third kappa shape index (κ3) is 5.00. The molecule has 0 aliphatic heterocycles. The van der Waals surface area contributed by atoms with Crippen LogP contribution in [0.15, 0.2) is 85.1 Å². The van der Waals surface area contributed by atoms with Gasteiger partial charge in [-0.15, -0.1) is 0 Å². The van der Waals surface area contributed by atoms with Crippen molar-refractivity contribution in [2.45, 2.75) is 13.5 Å². The van der Waals surface area contributed by atoms with Gasteiger partial charge < -0.3 is 15.2 Å². The number of imidazole rings is 1. The second-order valence-corrected chi connectivity index (χ2v) is 9.39. The van der Waals surface area contributed by atoms with Gasteiger partial charge in [0.15, 0.2) is 0 Å². The van der Waals surface area contributed by atoms with Crippen LogP contribution in [0.4, 0.5) is 11.4 Å². The third-order valence-corrected chi connectivity index (χ3v) is 6.68. The highest BCUT2D eigenvalue weighted by atomic mass is 16.1. The van der Waals surface area contributed by atoms with Gasteiger partial charge in [0.1, 0.15) is 5.82 Å². The zero-order valence-corrected chi connectivity index (χ0v) is 21.6. The molecule has 0 aliphatic carbocycles. The van der Waals surface area contributed by atoms with Crippen LogP contribution >= 0.6 is 0 Å². The fourth-order valence-corrected chi connectivity index (χ4v) is 4.61. The molecule has 0 spiro atoms. The number of hydrogen-bond acceptors (Lipinski definition) is 5. The van der Waals surface area contributed by atoms with Crippen molar-refractivity contribution in [1.82, 2.24) is 30.0 Å². The predicted molar refractivity (Wildman–Crippen MR) is 156 cm³/mol. The van der Waals surface area contributed by atoms with E-state index in [1.54, 1.807) is 6.20 Å². The summed E-state index contributed by atoms with van der Waals surface area (Å²) in [5, 5.41) is 15.0. The Morgan fingerprint density at radius 1 is 1.00 bits per heavy atom. The predicted octanol–water partition coefficient (Wildman–Crippen LogP) is 6.00. The number of carbonyl (C=O) groups excluding carboxylic acids is 1. The number of nitrogens with one attached hydrogen (secondary N) is 3. The minimum Gasteiger partial charge on any atom is -0.355 e. The molecule has 0 atom stereocenters. The summed E-state index contributed by atoms with van der Waals surface area (Å²) in [4.78, 5) is 22.2. The number of amides is 1. The van der Waals surface area contributed by atoms with Crippen LogP contribution in [0.2, 0.25) is 0 Å². The number of anilines is 2. The van der Waals surface area contributed by atoms with Gasteiger partial charge in [-0.05, 0) is 79.2 Å². The molecular weight excluding hydrogens is 486 g/mol. The van der Waals surface area contributed by atoms with Gasteiger partial charge >= 0.3 is 0 Å². The Labute approximate surface area is 225 Å². The quantitative estimate of drug-likeness (QED) is 0.243. The number of pyridine rings is 1. The van der Waals surface area contributed by atoms with E-state index in [4.69, 9.17) is 0 Å². The van der Waals surface area contributed by atoms with Crippen LogP contribution in [-0.4, -0.2) is 30.6 Å². The van der Waals surface area contributed by atoms with Crippen LogP contribution in [0.25, 0.3) is 34.1 Å². The van der Waals surface area contributed by atoms with Crippen molar-refractivity contribution >= 4 is 51.4 Å². The lowest BCUT2D eigenvalue weighted by Crippen LogP contribution is -2.25. The highest BCUT2D eigenvalue weighted by Crippen LogP contribution is 2.26. The first-order valence-electron chi connectivity index (χ1n) is 12.7. The molecule has 8 nitrogen and oxygen atoms in total.